The lowest BCUT2D eigenvalue weighted by Crippen LogP contribution is -2.31. The van der Waals surface area contributed by atoms with Gasteiger partial charge in [0, 0.05) is 20.1 Å². The van der Waals surface area contributed by atoms with Crippen molar-refractivity contribution in [3.63, 3.8) is 0 Å². The lowest BCUT2D eigenvalue weighted by molar-refractivity contribution is 0.0572. The molecule has 0 saturated carbocycles. The molecule has 15 heavy (non-hydrogen) atoms. The smallest absolute Gasteiger partial charge is 0.272 e. The monoisotopic (exact) mass is 211 g/mol. The van der Waals surface area contributed by atoms with E-state index in [0.29, 0.717) is 5.69 Å². The molecule has 6 heteroatoms. The van der Waals surface area contributed by atoms with Gasteiger partial charge in [-0.2, -0.15) is 0 Å². The zero-order valence-electron chi connectivity index (χ0n) is 8.37. The largest absolute Gasteiger partial charge is 0.388 e. The third-order valence-corrected chi connectivity index (χ3v) is 2.58. The van der Waals surface area contributed by atoms with Crippen molar-refractivity contribution < 1.29 is 15.0 Å². The number of likely N-dealkylation sites (tertiary alicyclic amines) is 1. The maximum absolute atomic E-state index is 11.9. The van der Waals surface area contributed by atoms with Crippen molar-refractivity contribution in [2.75, 3.05) is 13.1 Å². The average Bonchev–Trinajstić information content (AvgIpc) is 2.74. The molecule has 0 aromatic carbocycles. The molecule has 1 saturated heterocycles. The van der Waals surface area contributed by atoms with Gasteiger partial charge in [-0.1, -0.05) is 0 Å². The van der Waals surface area contributed by atoms with Crippen LogP contribution in [0.15, 0.2) is 12.5 Å². The number of hydrogen-bond acceptors (Lipinski definition) is 4. The van der Waals surface area contributed by atoms with Crippen LogP contribution in [0.1, 0.15) is 10.5 Å². The summed E-state index contributed by atoms with van der Waals surface area (Å²) >= 11 is 0. The van der Waals surface area contributed by atoms with Crippen molar-refractivity contribution >= 4 is 5.91 Å². The number of β-amino-alcohol motifs (C(OH)–C–C–N with tert-alkyl or cyclic N) is 2. The van der Waals surface area contributed by atoms with E-state index in [-0.39, 0.29) is 19.0 Å². The van der Waals surface area contributed by atoms with Gasteiger partial charge in [0.15, 0.2) is 0 Å². The molecule has 1 aromatic rings. The van der Waals surface area contributed by atoms with Crippen molar-refractivity contribution in [2.45, 2.75) is 12.2 Å². The zero-order valence-corrected chi connectivity index (χ0v) is 8.37. The molecular weight excluding hydrogens is 198 g/mol. The minimum absolute atomic E-state index is 0.172. The Morgan fingerprint density at radius 1 is 1.47 bits per heavy atom. The highest BCUT2D eigenvalue weighted by molar-refractivity contribution is 5.92. The van der Waals surface area contributed by atoms with Gasteiger partial charge in [-0.25, -0.2) is 4.98 Å². The Morgan fingerprint density at radius 3 is 2.53 bits per heavy atom. The van der Waals surface area contributed by atoms with Gasteiger partial charge < -0.3 is 19.7 Å². The van der Waals surface area contributed by atoms with Crippen LogP contribution in [0.4, 0.5) is 0 Å². The molecule has 2 unspecified atom stereocenters. The molecule has 0 aliphatic carbocycles. The first kappa shape index (κ1) is 10.1. The van der Waals surface area contributed by atoms with Gasteiger partial charge in [-0.15, -0.1) is 0 Å². The molecule has 0 radical (unpaired) electrons. The van der Waals surface area contributed by atoms with E-state index in [1.54, 1.807) is 11.6 Å². The molecule has 82 valence electrons. The Morgan fingerprint density at radius 2 is 2.07 bits per heavy atom. The lowest BCUT2D eigenvalue weighted by atomic mass is 10.3. The standard InChI is InChI=1S/C9H13N3O3/c1-11-5-10-2-6(11)9(15)12-3-7(13)8(14)4-12/h2,5,7-8,13-14H,3-4H2,1H3. The van der Waals surface area contributed by atoms with Crippen LogP contribution in [0.3, 0.4) is 0 Å². The quantitative estimate of drug-likeness (QED) is 0.598. The summed E-state index contributed by atoms with van der Waals surface area (Å²) in [7, 11) is 1.73. The molecule has 1 aromatic heterocycles. The summed E-state index contributed by atoms with van der Waals surface area (Å²) in [6.07, 6.45) is 1.32. The van der Waals surface area contributed by atoms with Crippen LogP contribution in [-0.4, -0.2) is 55.9 Å². The number of carbonyl (C=O) groups is 1. The number of aliphatic hydroxyl groups excluding tert-OH is 2. The highest BCUT2D eigenvalue weighted by Crippen LogP contribution is 2.13. The highest BCUT2D eigenvalue weighted by atomic mass is 16.3. The summed E-state index contributed by atoms with van der Waals surface area (Å²) in [4.78, 5) is 17.1. The second-order valence-corrected chi connectivity index (χ2v) is 3.73. The van der Waals surface area contributed by atoms with Gasteiger partial charge >= 0.3 is 0 Å². The molecule has 2 N–H and O–H groups in total. The van der Waals surface area contributed by atoms with Crippen molar-refractivity contribution in [1.82, 2.24) is 14.5 Å². The van der Waals surface area contributed by atoms with Crippen LogP contribution >= 0.6 is 0 Å². The second-order valence-electron chi connectivity index (χ2n) is 3.73. The lowest BCUT2D eigenvalue weighted by Gasteiger charge is -2.14. The topological polar surface area (TPSA) is 78.6 Å². The molecule has 2 heterocycles. The van der Waals surface area contributed by atoms with Gasteiger partial charge in [0.2, 0.25) is 0 Å². The van der Waals surface area contributed by atoms with Crippen LogP contribution in [0.2, 0.25) is 0 Å². The average molecular weight is 211 g/mol. The maximum Gasteiger partial charge on any atom is 0.272 e. The number of aromatic nitrogens is 2. The highest BCUT2D eigenvalue weighted by Gasteiger charge is 2.33. The van der Waals surface area contributed by atoms with E-state index in [4.69, 9.17) is 0 Å². The summed E-state index contributed by atoms with van der Waals surface area (Å²) in [5.41, 5.74) is 0.455. The molecule has 1 amide bonds. The van der Waals surface area contributed by atoms with Crippen molar-refractivity contribution in [3.8, 4) is 0 Å². The fraction of sp³-hybridized carbons (Fsp3) is 0.556. The Kier molecular flexibility index (Phi) is 2.45. The number of aliphatic hydroxyl groups is 2. The summed E-state index contributed by atoms with van der Waals surface area (Å²) < 4.78 is 1.61. The number of imidazole rings is 1. The Bertz CT molecular complexity index is 366. The zero-order chi connectivity index (χ0) is 11.0. The number of nitrogens with zero attached hydrogens (tertiary/aromatic N) is 3. The van der Waals surface area contributed by atoms with E-state index in [0.717, 1.165) is 0 Å². The van der Waals surface area contributed by atoms with Crippen LogP contribution in [0.5, 0.6) is 0 Å². The van der Waals surface area contributed by atoms with E-state index in [2.05, 4.69) is 4.98 Å². The Balaban J connectivity index is 2.13. The number of hydrogen-bond donors (Lipinski definition) is 2. The third kappa shape index (κ3) is 1.73. The molecule has 2 atom stereocenters. The first-order valence-electron chi connectivity index (χ1n) is 4.71. The third-order valence-electron chi connectivity index (χ3n) is 2.58. The summed E-state index contributed by atoms with van der Waals surface area (Å²) in [5.74, 6) is -0.217. The number of amides is 1. The van der Waals surface area contributed by atoms with Crippen molar-refractivity contribution in [2.24, 2.45) is 7.05 Å². The first-order chi connectivity index (χ1) is 7.09. The van der Waals surface area contributed by atoms with Gasteiger partial charge in [0.1, 0.15) is 5.69 Å². The first-order valence-corrected chi connectivity index (χ1v) is 4.71. The predicted molar refractivity (Wildman–Crippen MR) is 51.1 cm³/mol. The fourth-order valence-corrected chi connectivity index (χ4v) is 1.66. The van der Waals surface area contributed by atoms with Gasteiger partial charge in [-0.05, 0) is 0 Å². The number of rotatable bonds is 1. The van der Waals surface area contributed by atoms with Crippen LogP contribution in [-0.2, 0) is 7.05 Å². The molecule has 6 nitrogen and oxygen atoms in total. The van der Waals surface area contributed by atoms with Gasteiger partial charge in [0.05, 0.1) is 24.7 Å². The summed E-state index contributed by atoms with van der Waals surface area (Å²) in [6, 6.07) is 0. The molecule has 0 bridgehead atoms. The maximum atomic E-state index is 11.9. The van der Waals surface area contributed by atoms with Gasteiger partial charge in [0.25, 0.3) is 5.91 Å². The van der Waals surface area contributed by atoms with E-state index in [9.17, 15) is 15.0 Å². The number of carbonyl (C=O) groups excluding carboxylic acids is 1. The predicted octanol–water partition coefficient (Wildman–Crippen LogP) is -1.40. The molecule has 1 fully saturated rings. The van der Waals surface area contributed by atoms with E-state index >= 15 is 0 Å². The molecule has 1 aliphatic rings. The van der Waals surface area contributed by atoms with Crippen molar-refractivity contribution in [1.29, 1.82) is 0 Å². The number of aryl methyl sites for hydroxylation is 1. The Labute approximate surface area is 86.8 Å². The summed E-state index contributed by atoms with van der Waals surface area (Å²) in [5, 5.41) is 18.6. The van der Waals surface area contributed by atoms with Gasteiger partial charge in [-0.3, -0.25) is 4.79 Å². The Hall–Kier alpha value is -1.40. The van der Waals surface area contributed by atoms with E-state index < -0.39 is 12.2 Å². The molecule has 2 rings (SSSR count). The molecule has 1 aliphatic heterocycles. The minimum Gasteiger partial charge on any atom is -0.388 e. The fourth-order valence-electron chi connectivity index (χ4n) is 1.66. The SMILES string of the molecule is Cn1cncc1C(=O)N1CC(O)C(O)C1. The normalized spacial score (nSPS) is 25.9. The van der Waals surface area contributed by atoms with Crippen LogP contribution in [0.25, 0.3) is 0 Å². The minimum atomic E-state index is -0.845. The molecular formula is C9H13N3O3. The molecule has 0 spiro atoms. The second kappa shape index (κ2) is 3.63. The van der Waals surface area contributed by atoms with E-state index in [1.807, 2.05) is 0 Å². The van der Waals surface area contributed by atoms with E-state index in [1.165, 1.54) is 17.4 Å². The van der Waals surface area contributed by atoms with Crippen molar-refractivity contribution in [3.05, 3.63) is 18.2 Å². The summed E-state index contributed by atoms with van der Waals surface area (Å²) in [6.45, 7) is 0.344. The van der Waals surface area contributed by atoms with Crippen LogP contribution in [0, 0.1) is 0 Å². The van der Waals surface area contributed by atoms with Crippen LogP contribution < -0.4 is 0 Å².